The molecule has 3 rings (SSSR count). The van der Waals surface area contributed by atoms with E-state index in [1.807, 2.05) is 0 Å². The number of nitro benzene ring substituents is 1. The fraction of sp³-hybridized carbons (Fsp3) is 0.278. The van der Waals surface area contributed by atoms with Gasteiger partial charge in [0.15, 0.2) is 0 Å². The van der Waals surface area contributed by atoms with E-state index in [1.54, 1.807) is 12.1 Å². The van der Waals surface area contributed by atoms with Crippen molar-refractivity contribution in [1.29, 1.82) is 0 Å². The van der Waals surface area contributed by atoms with Crippen molar-refractivity contribution in [3.63, 3.8) is 0 Å². The van der Waals surface area contributed by atoms with Gasteiger partial charge in [0.05, 0.1) is 22.4 Å². The van der Waals surface area contributed by atoms with Crippen LogP contribution in [0.3, 0.4) is 0 Å². The molecule has 1 heterocycles. The number of carbonyl (C=O) groups excluding carboxylic acids is 1. The molecular formula is C18H17F3N4O3. The molecule has 0 radical (unpaired) electrons. The van der Waals surface area contributed by atoms with Crippen LogP contribution in [0.2, 0.25) is 0 Å². The summed E-state index contributed by atoms with van der Waals surface area (Å²) < 4.78 is 38.4. The van der Waals surface area contributed by atoms with Gasteiger partial charge in [0, 0.05) is 25.2 Å². The van der Waals surface area contributed by atoms with Crippen LogP contribution in [0.25, 0.3) is 0 Å². The number of hydrogen-bond acceptors (Lipinski definition) is 5. The predicted molar refractivity (Wildman–Crippen MR) is 93.8 cm³/mol. The minimum atomic E-state index is -4.44. The first-order chi connectivity index (χ1) is 13.3. The molecule has 2 unspecified atom stereocenters. The minimum absolute atomic E-state index is 0.0355. The molecule has 28 heavy (non-hydrogen) atoms. The highest BCUT2D eigenvalue weighted by atomic mass is 19.4. The van der Waals surface area contributed by atoms with Crippen molar-refractivity contribution >= 4 is 11.6 Å². The molecule has 2 atom stereocenters. The molecule has 2 aromatic carbocycles. The lowest BCUT2D eigenvalue weighted by atomic mass is 9.94. The lowest BCUT2D eigenvalue weighted by molar-refractivity contribution is -0.384. The molecule has 7 nitrogen and oxygen atoms in total. The van der Waals surface area contributed by atoms with E-state index in [1.165, 1.54) is 24.3 Å². The fourth-order valence-corrected chi connectivity index (χ4v) is 3.04. The number of non-ortho nitro benzene ring substituents is 1. The molecule has 0 aliphatic carbocycles. The van der Waals surface area contributed by atoms with Gasteiger partial charge in [-0.25, -0.2) is 5.43 Å². The highest BCUT2D eigenvalue weighted by Gasteiger charge is 2.34. The van der Waals surface area contributed by atoms with Gasteiger partial charge in [0.1, 0.15) is 0 Å². The lowest BCUT2D eigenvalue weighted by Crippen LogP contribution is -2.34. The summed E-state index contributed by atoms with van der Waals surface area (Å²) in [5.41, 5.74) is 6.03. The van der Waals surface area contributed by atoms with Gasteiger partial charge in [-0.2, -0.15) is 13.2 Å². The summed E-state index contributed by atoms with van der Waals surface area (Å²) in [5, 5.41) is 13.4. The van der Waals surface area contributed by atoms with Crippen molar-refractivity contribution in [2.24, 2.45) is 5.92 Å². The molecule has 148 valence electrons. The third-order valence-electron chi connectivity index (χ3n) is 4.50. The standard InChI is InChI=1S/C18H17F3N4O3/c19-18(20,21)13-3-1-2-11(8-13)9-22-17(26)15-10-23-24-16(15)12-4-6-14(7-5-12)25(27)28/h1-8,15-16,23-24H,9-10H2,(H,22,26). The lowest BCUT2D eigenvalue weighted by Gasteiger charge is -2.18. The number of halogens is 3. The highest BCUT2D eigenvalue weighted by Crippen LogP contribution is 2.30. The molecular weight excluding hydrogens is 377 g/mol. The van der Waals surface area contributed by atoms with Crippen LogP contribution >= 0.6 is 0 Å². The number of benzene rings is 2. The van der Waals surface area contributed by atoms with E-state index in [9.17, 15) is 28.1 Å². The largest absolute Gasteiger partial charge is 0.416 e. The zero-order chi connectivity index (χ0) is 20.3. The van der Waals surface area contributed by atoms with E-state index in [0.717, 1.165) is 12.1 Å². The Morgan fingerprint density at radius 2 is 1.93 bits per heavy atom. The summed E-state index contributed by atoms with van der Waals surface area (Å²) in [4.78, 5) is 22.8. The van der Waals surface area contributed by atoms with Gasteiger partial charge in [0.25, 0.3) is 5.69 Å². The molecule has 1 amide bonds. The molecule has 0 saturated carbocycles. The monoisotopic (exact) mass is 394 g/mol. The Bertz CT molecular complexity index is 871. The molecule has 1 fully saturated rings. The van der Waals surface area contributed by atoms with Crippen molar-refractivity contribution < 1.29 is 22.9 Å². The van der Waals surface area contributed by atoms with Gasteiger partial charge < -0.3 is 5.32 Å². The summed E-state index contributed by atoms with van der Waals surface area (Å²) >= 11 is 0. The maximum atomic E-state index is 12.8. The van der Waals surface area contributed by atoms with Crippen LogP contribution in [0.1, 0.15) is 22.7 Å². The number of nitro groups is 1. The van der Waals surface area contributed by atoms with Gasteiger partial charge in [0.2, 0.25) is 5.91 Å². The quantitative estimate of drug-likeness (QED) is 0.535. The SMILES string of the molecule is O=C(NCc1cccc(C(F)(F)F)c1)C1CNNC1c1ccc([N+](=O)[O-])cc1. The minimum Gasteiger partial charge on any atom is -0.352 e. The zero-order valence-electron chi connectivity index (χ0n) is 14.5. The summed E-state index contributed by atoms with van der Waals surface area (Å²) in [6.07, 6.45) is -4.44. The maximum absolute atomic E-state index is 12.8. The normalized spacial score (nSPS) is 19.4. The maximum Gasteiger partial charge on any atom is 0.416 e. The fourth-order valence-electron chi connectivity index (χ4n) is 3.04. The van der Waals surface area contributed by atoms with Crippen LogP contribution in [0.15, 0.2) is 48.5 Å². The number of amides is 1. The molecule has 1 saturated heterocycles. The molecule has 2 aromatic rings. The smallest absolute Gasteiger partial charge is 0.352 e. The Labute approximate surface area is 158 Å². The van der Waals surface area contributed by atoms with Crippen molar-refractivity contribution in [2.45, 2.75) is 18.8 Å². The first-order valence-electron chi connectivity index (χ1n) is 8.42. The summed E-state index contributed by atoms with van der Waals surface area (Å²) in [6, 6.07) is 10.2. The summed E-state index contributed by atoms with van der Waals surface area (Å²) in [6.45, 7) is 0.280. The Kier molecular flexibility index (Phi) is 5.61. The van der Waals surface area contributed by atoms with Gasteiger partial charge in [-0.15, -0.1) is 0 Å². The Morgan fingerprint density at radius 1 is 1.21 bits per heavy atom. The molecule has 10 heteroatoms. The molecule has 0 spiro atoms. The molecule has 1 aliphatic rings. The average Bonchev–Trinajstić information content (AvgIpc) is 3.15. The van der Waals surface area contributed by atoms with Crippen LogP contribution in [0, 0.1) is 16.0 Å². The van der Waals surface area contributed by atoms with E-state index in [4.69, 9.17) is 0 Å². The second-order valence-electron chi connectivity index (χ2n) is 6.37. The first kappa shape index (κ1) is 19.8. The number of nitrogens with one attached hydrogen (secondary N) is 3. The van der Waals surface area contributed by atoms with Crippen LogP contribution in [-0.2, 0) is 17.5 Å². The van der Waals surface area contributed by atoms with Crippen molar-refractivity contribution in [1.82, 2.24) is 16.2 Å². The molecule has 1 aliphatic heterocycles. The third kappa shape index (κ3) is 4.46. The highest BCUT2D eigenvalue weighted by molar-refractivity contribution is 5.80. The average molecular weight is 394 g/mol. The van der Waals surface area contributed by atoms with Gasteiger partial charge in [-0.3, -0.25) is 20.3 Å². The number of hydrogen-bond donors (Lipinski definition) is 3. The van der Waals surface area contributed by atoms with Gasteiger partial charge in [-0.1, -0.05) is 24.3 Å². The van der Waals surface area contributed by atoms with Crippen LogP contribution < -0.4 is 16.2 Å². The number of hydrazine groups is 1. The number of carbonyl (C=O) groups is 1. The van der Waals surface area contributed by atoms with Gasteiger partial charge in [-0.05, 0) is 23.3 Å². The van der Waals surface area contributed by atoms with E-state index in [2.05, 4.69) is 16.2 Å². The summed E-state index contributed by atoms with van der Waals surface area (Å²) in [7, 11) is 0. The zero-order valence-corrected chi connectivity index (χ0v) is 14.5. The molecule has 0 aromatic heterocycles. The second-order valence-corrected chi connectivity index (χ2v) is 6.37. The topological polar surface area (TPSA) is 96.3 Å². The predicted octanol–water partition coefficient (Wildman–Crippen LogP) is 2.70. The number of rotatable bonds is 5. The van der Waals surface area contributed by atoms with E-state index >= 15 is 0 Å². The van der Waals surface area contributed by atoms with Gasteiger partial charge >= 0.3 is 6.18 Å². The summed E-state index contributed by atoms with van der Waals surface area (Å²) in [5.74, 6) is -0.856. The van der Waals surface area contributed by atoms with E-state index < -0.39 is 28.6 Å². The van der Waals surface area contributed by atoms with Crippen LogP contribution in [-0.4, -0.2) is 17.4 Å². The van der Waals surface area contributed by atoms with Crippen LogP contribution in [0.5, 0.6) is 0 Å². The Balaban J connectivity index is 1.66. The van der Waals surface area contributed by atoms with Crippen molar-refractivity contribution in [3.8, 4) is 0 Å². The third-order valence-corrected chi connectivity index (χ3v) is 4.50. The Hall–Kier alpha value is -2.98. The second kappa shape index (κ2) is 7.95. The number of alkyl halides is 3. The van der Waals surface area contributed by atoms with Crippen molar-refractivity contribution in [3.05, 3.63) is 75.3 Å². The van der Waals surface area contributed by atoms with Crippen LogP contribution in [0.4, 0.5) is 18.9 Å². The number of nitrogens with zero attached hydrogens (tertiary/aromatic N) is 1. The van der Waals surface area contributed by atoms with E-state index in [-0.39, 0.29) is 18.1 Å². The van der Waals surface area contributed by atoms with E-state index in [0.29, 0.717) is 17.7 Å². The molecule has 0 bridgehead atoms. The first-order valence-corrected chi connectivity index (χ1v) is 8.42. The Morgan fingerprint density at radius 3 is 2.57 bits per heavy atom. The van der Waals surface area contributed by atoms with Crippen molar-refractivity contribution in [2.75, 3.05) is 6.54 Å². The molecule has 3 N–H and O–H groups in total.